The van der Waals surface area contributed by atoms with Gasteiger partial charge in [0.05, 0.1) is 28.4 Å². The van der Waals surface area contributed by atoms with Crippen LogP contribution in [0.1, 0.15) is 43.5 Å². The Bertz CT molecular complexity index is 1100. The molecule has 0 aromatic carbocycles. The Hall–Kier alpha value is -3.48. The van der Waals surface area contributed by atoms with Gasteiger partial charge in [-0.25, -0.2) is 14.9 Å². The molecule has 0 aliphatic carbocycles. The SMILES string of the molecule is C1=Cc2cc3ccc(cc4nc(cc5ccc(cc1n2)[nH]5)C=C4)[nH]3.CC(C)(C)OO. The van der Waals surface area contributed by atoms with Gasteiger partial charge in [-0.2, -0.15) is 0 Å². The predicted octanol–water partition coefficient (Wildman–Crippen LogP) is 5.93. The van der Waals surface area contributed by atoms with Crippen LogP contribution in [0.25, 0.3) is 46.4 Å². The Morgan fingerprint density at radius 1 is 0.633 bits per heavy atom. The van der Waals surface area contributed by atoms with E-state index in [9.17, 15) is 0 Å². The number of hydrogen-bond donors (Lipinski definition) is 3. The lowest BCUT2D eigenvalue weighted by Gasteiger charge is -2.10. The summed E-state index contributed by atoms with van der Waals surface area (Å²) < 4.78 is 0. The minimum atomic E-state index is -0.403. The molecule has 0 radical (unpaired) electrons. The third kappa shape index (κ3) is 5.11. The molecule has 3 aromatic heterocycles. The van der Waals surface area contributed by atoms with E-state index in [1.54, 1.807) is 20.8 Å². The molecule has 0 atom stereocenters. The molecule has 5 heterocycles. The second-order valence-electron chi connectivity index (χ2n) is 8.11. The molecule has 8 bridgehead atoms. The third-order valence-electron chi connectivity index (χ3n) is 4.32. The van der Waals surface area contributed by atoms with Crippen molar-refractivity contribution in [3.63, 3.8) is 0 Å². The van der Waals surface area contributed by atoms with Crippen LogP contribution in [0.2, 0.25) is 0 Å². The number of nitrogens with one attached hydrogen (secondary N) is 2. The highest BCUT2D eigenvalue weighted by Crippen LogP contribution is 2.16. The molecule has 0 saturated carbocycles. The Kier molecular flexibility index (Phi) is 5.35. The molecule has 2 aliphatic rings. The van der Waals surface area contributed by atoms with Crippen LogP contribution in [0, 0.1) is 0 Å². The molecule has 3 N–H and O–H groups in total. The van der Waals surface area contributed by atoms with Gasteiger partial charge in [-0.3, -0.25) is 5.26 Å². The van der Waals surface area contributed by atoms with Gasteiger partial charge in [0.25, 0.3) is 0 Å². The number of fused-ring (bicyclic) bond motifs is 8. The maximum absolute atomic E-state index is 7.90. The molecule has 152 valence electrons. The van der Waals surface area contributed by atoms with Crippen molar-refractivity contribution in [3.05, 3.63) is 71.3 Å². The van der Waals surface area contributed by atoms with Crippen LogP contribution in [-0.4, -0.2) is 30.8 Å². The monoisotopic (exact) mass is 400 g/mol. The van der Waals surface area contributed by atoms with Crippen molar-refractivity contribution in [1.82, 2.24) is 19.9 Å². The number of rotatable bonds is 0. The summed E-state index contributed by atoms with van der Waals surface area (Å²) in [6.07, 6.45) is 8.09. The molecular weight excluding hydrogens is 376 g/mol. The van der Waals surface area contributed by atoms with E-state index >= 15 is 0 Å². The maximum Gasteiger partial charge on any atom is 0.0949 e. The number of aromatic nitrogens is 4. The van der Waals surface area contributed by atoms with Crippen molar-refractivity contribution in [2.24, 2.45) is 0 Å². The third-order valence-corrected chi connectivity index (χ3v) is 4.32. The molecule has 0 amide bonds. The number of H-pyrrole nitrogens is 2. The van der Waals surface area contributed by atoms with E-state index in [1.807, 2.05) is 48.6 Å². The molecular formula is C24H24N4O2. The van der Waals surface area contributed by atoms with E-state index in [-0.39, 0.29) is 0 Å². The van der Waals surface area contributed by atoms with E-state index in [2.05, 4.69) is 49.1 Å². The van der Waals surface area contributed by atoms with Crippen LogP contribution in [0.4, 0.5) is 0 Å². The molecule has 0 spiro atoms. The normalized spacial score (nSPS) is 12.5. The van der Waals surface area contributed by atoms with Gasteiger partial charge >= 0.3 is 0 Å². The highest BCUT2D eigenvalue weighted by Gasteiger charge is 2.07. The van der Waals surface area contributed by atoms with Crippen molar-refractivity contribution in [2.45, 2.75) is 26.4 Å². The van der Waals surface area contributed by atoms with E-state index in [0.29, 0.717) is 0 Å². The lowest BCUT2D eigenvalue weighted by atomic mass is 10.2. The summed E-state index contributed by atoms with van der Waals surface area (Å²) in [6, 6.07) is 16.4. The summed E-state index contributed by atoms with van der Waals surface area (Å²) in [4.78, 5) is 20.0. The van der Waals surface area contributed by atoms with Gasteiger partial charge in [-0.15, -0.1) is 0 Å². The molecule has 30 heavy (non-hydrogen) atoms. The van der Waals surface area contributed by atoms with Crippen molar-refractivity contribution in [2.75, 3.05) is 0 Å². The zero-order valence-corrected chi connectivity index (χ0v) is 17.2. The average molecular weight is 400 g/mol. The summed E-state index contributed by atoms with van der Waals surface area (Å²) in [5.41, 5.74) is 7.46. The Morgan fingerprint density at radius 3 is 1.13 bits per heavy atom. The fourth-order valence-electron chi connectivity index (χ4n) is 2.94. The lowest BCUT2D eigenvalue weighted by Crippen LogP contribution is -2.15. The topological polar surface area (TPSA) is 86.8 Å². The first-order valence-corrected chi connectivity index (χ1v) is 9.73. The minimum absolute atomic E-state index is 0.403. The van der Waals surface area contributed by atoms with Gasteiger partial charge in [-0.1, -0.05) is 0 Å². The molecule has 0 fully saturated rings. The zero-order valence-electron chi connectivity index (χ0n) is 17.2. The predicted molar refractivity (Wildman–Crippen MR) is 122 cm³/mol. The Morgan fingerprint density at radius 2 is 0.900 bits per heavy atom. The number of aromatic amines is 2. The van der Waals surface area contributed by atoms with Crippen molar-refractivity contribution >= 4 is 46.4 Å². The average Bonchev–Trinajstić information content (AvgIpc) is 3.47. The highest BCUT2D eigenvalue weighted by molar-refractivity contribution is 5.77. The van der Waals surface area contributed by atoms with Gasteiger partial charge in [0.1, 0.15) is 0 Å². The Labute approximate surface area is 174 Å². The van der Waals surface area contributed by atoms with E-state index < -0.39 is 5.60 Å². The van der Waals surface area contributed by atoms with Crippen molar-refractivity contribution in [3.8, 4) is 0 Å². The molecule has 2 aliphatic heterocycles. The van der Waals surface area contributed by atoms with Crippen molar-refractivity contribution < 1.29 is 10.1 Å². The first-order valence-electron chi connectivity index (χ1n) is 9.73. The van der Waals surface area contributed by atoms with Crippen LogP contribution >= 0.6 is 0 Å². The van der Waals surface area contributed by atoms with E-state index in [0.717, 1.165) is 44.8 Å². The van der Waals surface area contributed by atoms with Gasteiger partial charge in [0, 0.05) is 22.1 Å². The van der Waals surface area contributed by atoms with Crippen LogP contribution in [0.15, 0.2) is 48.5 Å². The Balaban J connectivity index is 0.000000322. The summed E-state index contributed by atoms with van der Waals surface area (Å²) in [6.45, 7) is 5.31. The fraction of sp³-hybridized carbons (Fsp3) is 0.167. The van der Waals surface area contributed by atoms with Crippen LogP contribution in [0.3, 0.4) is 0 Å². The van der Waals surface area contributed by atoms with Crippen LogP contribution < -0.4 is 0 Å². The summed E-state index contributed by atoms with van der Waals surface area (Å²) in [7, 11) is 0. The molecule has 0 saturated heterocycles. The molecule has 6 nitrogen and oxygen atoms in total. The van der Waals surface area contributed by atoms with Crippen LogP contribution in [0.5, 0.6) is 0 Å². The largest absolute Gasteiger partial charge is 0.355 e. The summed E-state index contributed by atoms with van der Waals surface area (Å²) >= 11 is 0. The number of nitrogens with zero attached hydrogens (tertiary/aromatic N) is 2. The number of hydrogen-bond acceptors (Lipinski definition) is 4. The first-order chi connectivity index (χ1) is 14.4. The quantitative estimate of drug-likeness (QED) is 0.222. The van der Waals surface area contributed by atoms with Gasteiger partial charge < -0.3 is 9.97 Å². The summed E-state index contributed by atoms with van der Waals surface area (Å²) in [5.74, 6) is 0. The second-order valence-corrected chi connectivity index (χ2v) is 8.11. The van der Waals surface area contributed by atoms with E-state index in [4.69, 9.17) is 5.26 Å². The molecule has 3 aromatic rings. The highest BCUT2D eigenvalue weighted by atomic mass is 17.1. The maximum atomic E-state index is 7.90. The van der Waals surface area contributed by atoms with Gasteiger partial charge in [0.15, 0.2) is 0 Å². The molecule has 0 unspecified atom stereocenters. The molecule has 6 heteroatoms. The summed E-state index contributed by atoms with van der Waals surface area (Å²) in [5, 5.41) is 7.90. The second kappa shape index (κ2) is 8.10. The van der Waals surface area contributed by atoms with Gasteiger partial charge in [0.2, 0.25) is 0 Å². The smallest absolute Gasteiger partial charge is 0.0949 e. The first kappa shape index (κ1) is 19.8. The van der Waals surface area contributed by atoms with Gasteiger partial charge in [-0.05, 0) is 93.6 Å². The molecule has 5 rings (SSSR count). The van der Waals surface area contributed by atoms with Crippen molar-refractivity contribution in [1.29, 1.82) is 0 Å². The minimum Gasteiger partial charge on any atom is -0.355 e. The van der Waals surface area contributed by atoms with E-state index in [1.165, 1.54) is 0 Å². The standard InChI is InChI=1S/C20H14N4.C4H10O2/c1-2-14-10-16-5-6-18(23-16)12-20-8-7-19(24-20)11-17-4-3-15(22-17)9-13(1)21-14;1-4(2,3)6-5/h1-12,21,24H;5H,1-3H3. The zero-order chi connectivity index (χ0) is 21.1. The lowest BCUT2D eigenvalue weighted by molar-refractivity contribution is -0.306. The van der Waals surface area contributed by atoms with Crippen LogP contribution in [-0.2, 0) is 4.89 Å². The fourth-order valence-corrected chi connectivity index (χ4v) is 2.94.